The minimum Gasteiger partial charge on any atom is -0.488 e. The third-order valence-electron chi connectivity index (χ3n) is 3.92. The van der Waals surface area contributed by atoms with Gasteiger partial charge in [0, 0.05) is 26.0 Å². The average Bonchev–Trinajstić information content (AvgIpc) is 2.88. The summed E-state index contributed by atoms with van der Waals surface area (Å²) in [6.45, 7) is 3.07. The smallest absolute Gasteiger partial charge is 0.368 e. The van der Waals surface area contributed by atoms with Crippen LogP contribution >= 0.6 is 0 Å². The van der Waals surface area contributed by atoms with Gasteiger partial charge < -0.3 is 9.47 Å². The van der Waals surface area contributed by atoms with E-state index in [2.05, 4.69) is 10.4 Å². The van der Waals surface area contributed by atoms with Gasteiger partial charge in [-0.25, -0.2) is 9.18 Å². The minimum absolute atomic E-state index is 0.0678. The number of benzene rings is 1. The van der Waals surface area contributed by atoms with Crippen LogP contribution in [0, 0.1) is 5.82 Å². The Balaban J connectivity index is 2.04. The number of tetrazole rings is 1. The first-order chi connectivity index (χ1) is 11.1. The molecule has 23 heavy (non-hydrogen) atoms. The summed E-state index contributed by atoms with van der Waals surface area (Å²) in [4.78, 5) is 12.1. The van der Waals surface area contributed by atoms with Crippen LogP contribution in [0.4, 0.5) is 4.39 Å². The molecule has 0 amide bonds. The average molecular weight is 322 g/mol. The first-order valence-corrected chi connectivity index (χ1v) is 7.66. The topological polar surface area (TPSA) is 71.2 Å². The first-order valence-electron chi connectivity index (χ1n) is 7.66. The number of hydrogen-bond acceptors (Lipinski definition) is 5. The monoisotopic (exact) mass is 322 g/mol. The van der Waals surface area contributed by atoms with E-state index in [-0.39, 0.29) is 11.9 Å². The largest absolute Gasteiger partial charge is 0.488 e. The highest BCUT2D eigenvalue weighted by Crippen LogP contribution is 2.28. The van der Waals surface area contributed by atoms with Crippen LogP contribution in [0.2, 0.25) is 0 Å². The van der Waals surface area contributed by atoms with Gasteiger partial charge in [-0.1, -0.05) is 6.92 Å². The molecule has 1 aromatic carbocycles. The second-order valence-corrected chi connectivity index (χ2v) is 5.49. The van der Waals surface area contributed by atoms with Crippen molar-refractivity contribution in [2.75, 3.05) is 13.2 Å². The van der Waals surface area contributed by atoms with Crippen LogP contribution in [0.5, 0.6) is 5.75 Å². The van der Waals surface area contributed by atoms with Crippen molar-refractivity contribution >= 4 is 0 Å². The van der Waals surface area contributed by atoms with Gasteiger partial charge in [0.05, 0.1) is 13.2 Å². The van der Waals surface area contributed by atoms with Crippen molar-refractivity contribution in [1.82, 2.24) is 19.8 Å². The first kappa shape index (κ1) is 15.7. The van der Waals surface area contributed by atoms with Gasteiger partial charge in [0.1, 0.15) is 23.4 Å². The summed E-state index contributed by atoms with van der Waals surface area (Å²) < 4.78 is 27.7. The SMILES string of the molecule is CCc1cc(-n2nnn(C)c2=O)c(OC2CCOCC2)cc1F. The molecule has 1 aliphatic rings. The highest BCUT2D eigenvalue weighted by molar-refractivity contribution is 5.49. The van der Waals surface area contributed by atoms with Crippen LogP contribution in [-0.2, 0) is 18.2 Å². The molecule has 0 N–H and O–H groups in total. The quantitative estimate of drug-likeness (QED) is 0.846. The van der Waals surface area contributed by atoms with Crippen molar-refractivity contribution in [2.45, 2.75) is 32.3 Å². The molecule has 3 rings (SSSR count). The van der Waals surface area contributed by atoms with Crippen molar-refractivity contribution in [3.63, 3.8) is 0 Å². The zero-order chi connectivity index (χ0) is 16.4. The molecule has 0 bridgehead atoms. The third-order valence-corrected chi connectivity index (χ3v) is 3.92. The number of ether oxygens (including phenoxy) is 2. The van der Waals surface area contributed by atoms with Crippen molar-refractivity contribution in [3.8, 4) is 11.4 Å². The number of aryl methyl sites for hydroxylation is 2. The predicted molar refractivity (Wildman–Crippen MR) is 80.4 cm³/mol. The van der Waals surface area contributed by atoms with Gasteiger partial charge >= 0.3 is 5.69 Å². The van der Waals surface area contributed by atoms with Gasteiger partial charge in [-0.15, -0.1) is 0 Å². The lowest BCUT2D eigenvalue weighted by Crippen LogP contribution is -2.27. The third kappa shape index (κ3) is 3.12. The molecule has 0 aliphatic carbocycles. The van der Waals surface area contributed by atoms with E-state index in [4.69, 9.17) is 9.47 Å². The Morgan fingerprint density at radius 2 is 2.09 bits per heavy atom. The van der Waals surface area contributed by atoms with Gasteiger partial charge in [-0.2, -0.15) is 9.36 Å². The zero-order valence-corrected chi connectivity index (χ0v) is 13.2. The molecule has 1 fully saturated rings. The molecule has 1 aromatic heterocycles. The van der Waals surface area contributed by atoms with Crippen LogP contribution < -0.4 is 10.4 Å². The Labute approximate surface area is 132 Å². The van der Waals surface area contributed by atoms with Crippen molar-refractivity contribution < 1.29 is 13.9 Å². The zero-order valence-electron chi connectivity index (χ0n) is 13.2. The fourth-order valence-corrected chi connectivity index (χ4v) is 2.56. The summed E-state index contributed by atoms with van der Waals surface area (Å²) in [6.07, 6.45) is 1.89. The molecule has 7 nitrogen and oxygen atoms in total. The van der Waals surface area contributed by atoms with Gasteiger partial charge in [-0.3, -0.25) is 0 Å². The number of aromatic nitrogens is 4. The summed E-state index contributed by atoms with van der Waals surface area (Å²) >= 11 is 0. The van der Waals surface area contributed by atoms with Crippen LogP contribution in [-0.4, -0.2) is 39.1 Å². The number of nitrogens with zero attached hydrogens (tertiary/aromatic N) is 4. The number of hydrogen-bond donors (Lipinski definition) is 0. The van der Waals surface area contributed by atoms with E-state index in [1.54, 1.807) is 6.07 Å². The van der Waals surface area contributed by atoms with Crippen LogP contribution in [0.3, 0.4) is 0 Å². The lowest BCUT2D eigenvalue weighted by molar-refractivity contribution is 0.0254. The molecular weight excluding hydrogens is 303 g/mol. The lowest BCUT2D eigenvalue weighted by Gasteiger charge is -2.24. The molecule has 1 saturated heterocycles. The van der Waals surface area contributed by atoms with E-state index in [0.717, 1.165) is 22.2 Å². The minimum atomic E-state index is -0.407. The molecule has 0 unspecified atom stereocenters. The van der Waals surface area contributed by atoms with Crippen molar-refractivity contribution in [1.29, 1.82) is 0 Å². The number of rotatable bonds is 4. The Hall–Kier alpha value is -2.22. The molecule has 124 valence electrons. The normalized spacial score (nSPS) is 15.8. The predicted octanol–water partition coefficient (Wildman–Crippen LogP) is 1.23. The van der Waals surface area contributed by atoms with E-state index in [1.807, 2.05) is 6.92 Å². The van der Waals surface area contributed by atoms with Crippen LogP contribution in [0.1, 0.15) is 25.3 Å². The molecule has 0 spiro atoms. The maximum absolute atomic E-state index is 14.2. The summed E-state index contributed by atoms with van der Waals surface area (Å²) in [5, 5.41) is 7.54. The van der Waals surface area contributed by atoms with E-state index >= 15 is 0 Å². The molecule has 1 aliphatic heterocycles. The Kier molecular flexibility index (Phi) is 4.42. The summed E-state index contributed by atoms with van der Waals surface area (Å²) in [5.41, 5.74) is 0.500. The summed E-state index contributed by atoms with van der Waals surface area (Å²) in [6, 6.07) is 2.92. The Morgan fingerprint density at radius 3 is 2.70 bits per heavy atom. The Morgan fingerprint density at radius 1 is 1.35 bits per heavy atom. The van der Waals surface area contributed by atoms with E-state index in [1.165, 1.54) is 13.1 Å². The molecule has 2 heterocycles. The van der Waals surface area contributed by atoms with Gasteiger partial charge in [0.2, 0.25) is 0 Å². The second-order valence-electron chi connectivity index (χ2n) is 5.49. The molecule has 0 radical (unpaired) electrons. The maximum atomic E-state index is 14.2. The fourth-order valence-electron chi connectivity index (χ4n) is 2.56. The molecular formula is C15H19FN4O3. The standard InChI is InChI=1S/C15H19FN4O3/c1-3-10-8-13(20-15(21)19(2)17-18-20)14(9-12(10)16)23-11-4-6-22-7-5-11/h8-9,11H,3-7H2,1-2H3. The van der Waals surface area contributed by atoms with Gasteiger partial charge in [0.15, 0.2) is 0 Å². The highest BCUT2D eigenvalue weighted by Gasteiger charge is 2.21. The molecule has 2 aromatic rings. The molecule has 0 atom stereocenters. The van der Waals surface area contributed by atoms with Crippen LogP contribution in [0.25, 0.3) is 5.69 Å². The Bertz CT molecular complexity index is 750. The molecule has 8 heteroatoms. The maximum Gasteiger partial charge on any atom is 0.368 e. The van der Waals surface area contributed by atoms with Crippen molar-refractivity contribution in [2.24, 2.45) is 7.05 Å². The van der Waals surface area contributed by atoms with E-state index in [9.17, 15) is 9.18 Å². The fraction of sp³-hybridized carbons (Fsp3) is 0.533. The summed E-state index contributed by atoms with van der Waals surface area (Å²) in [7, 11) is 1.51. The highest BCUT2D eigenvalue weighted by atomic mass is 19.1. The second kappa shape index (κ2) is 6.49. The van der Waals surface area contributed by atoms with Gasteiger partial charge in [0.25, 0.3) is 0 Å². The lowest BCUT2D eigenvalue weighted by atomic mass is 10.1. The van der Waals surface area contributed by atoms with Crippen molar-refractivity contribution in [3.05, 3.63) is 34.0 Å². The molecule has 0 saturated carbocycles. The summed E-state index contributed by atoms with van der Waals surface area (Å²) in [5.74, 6) is -0.0514. The van der Waals surface area contributed by atoms with E-state index in [0.29, 0.717) is 36.6 Å². The van der Waals surface area contributed by atoms with Crippen LogP contribution in [0.15, 0.2) is 16.9 Å². The van der Waals surface area contributed by atoms with E-state index < -0.39 is 5.69 Å². The van der Waals surface area contributed by atoms with Gasteiger partial charge in [-0.05, 0) is 28.5 Å². The number of halogens is 1.